The van der Waals surface area contributed by atoms with Gasteiger partial charge in [0.15, 0.2) is 11.5 Å². The van der Waals surface area contributed by atoms with Gasteiger partial charge in [0, 0.05) is 45.2 Å². The first-order valence-corrected chi connectivity index (χ1v) is 15.8. The number of amides is 1. The smallest absolute Gasteiger partial charge is 0.210 e. The van der Waals surface area contributed by atoms with Crippen molar-refractivity contribution < 1.29 is 14.3 Å². The maximum Gasteiger partial charge on any atom is 0.210 e. The third-order valence-corrected chi connectivity index (χ3v) is 8.84. The van der Waals surface area contributed by atoms with Crippen LogP contribution in [0.2, 0.25) is 0 Å². The van der Waals surface area contributed by atoms with Crippen LogP contribution in [0, 0.1) is 0 Å². The Morgan fingerprint density at radius 1 is 0.810 bits per heavy atom. The van der Waals surface area contributed by atoms with Crippen LogP contribution in [0.15, 0.2) is 78.9 Å². The van der Waals surface area contributed by atoms with Crippen molar-refractivity contribution in [2.75, 3.05) is 52.9 Å². The van der Waals surface area contributed by atoms with Crippen LogP contribution in [0.5, 0.6) is 11.5 Å². The molecule has 0 bridgehead atoms. The number of benzene rings is 3. The second kappa shape index (κ2) is 15.8. The summed E-state index contributed by atoms with van der Waals surface area (Å²) in [6.07, 6.45) is 8.28. The lowest BCUT2D eigenvalue weighted by atomic mass is 9.90. The van der Waals surface area contributed by atoms with Crippen LogP contribution >= 0.6 is 0 Å². The number of ether oxygens (including phenoxy) is 2. The molecule has 2 heterocycles. The Bertz CT molecular complexity index is 1170. The van der Waals surface area contributed by atoms with Crippen LogP contribution in [0.4, 0.5) is 0 Å². The first-order chi connectivity index (χ1) is 20.7. The number of hydrogen-bond donors (Lipinski definition) is 0. The molecule has 1 amide bonds. The van der Waals surface area contributed by atoms with Gasteiger partial charge in [-0.2, -0.15) is 0 Å². The number of hydrogen-bond acceptors (Lipinski definition) is 5. The molecule has 6 heteroatoms. The van der Waals surface area contributed by atoms with Gasteiger partial charge in [-0.15, -0.1) is 0 Å². The van der Waals surface area contributed by atoms with E-state index in [1.807, 2.05) is 17.0 Å². The summed E-state index contributed by atoms with van der Waals surface area (Å²) in [7, 11) is 1.69. The predicted molar refractivity (Wildman–Crippen MR) is 169 cm³/mol. The second-order valence-corrected chi connectivity index (χ2v) is 11.8. The standard InChI is InChI=1S/C36H47N3O3/c1-41-36-26-30(27-39(29-40)25-24-37-20-10-2-3-11-21-37)16-17-35(36)42-33-18-22-38(23-19-33)28-34(31-12-6-4-7-13-31)32-14-8-5-9-15-32/h4-9,12-17,26,29,33-34H,2-3,10-11,18-25,27-28H2,1H3. The van der Waals surface area contributed by atoms with Crippen LogP contribution in [-0.4, -0.2) is 80.1 Å². The van der Waals surface area contributed by atoms with E-state index in [0.717, 1.165) is 82.1 Å². The molecule has 0 radical (unpaired) electrons. The van der Waals surface area contributed by atoms with Gasteiger partial charge in [0.1, 0.15) is 6.10 Å². The van der Waals surface area contributed by atoms with E-state index in [1.54, 1.807) is 7.11 Å². The quantitative estimate of drug-likeness (QED) is 0.229. The van der Waals surface area contributed by atoms with Gasteiger partial charge < -0.3 is 24.2 Å². The Labute approximate surface area is 252 Å². The number of likely N-dealkylation sites (tertiary alicyclic amines) is 2. The summed E-state index contributed by atoms with van der Waals surface area (Å²) >= 11 is 0. The molecule has 3 aromatic carbocycles. The van der Waals surface area contributed by atoms with Crippen molar-refractivity contribution >= 4 is 6.41 Å². The lowest BCUT2D eigenvalue weighted by Crippen LogP contribution is -2.40. The topological polar surface area (TPSA) is 45.3 Å². The van der Waals surface area contributed by atoms with Gasteiger partial charge in [-0.05, 0) is 67.6 Å². The summed E-state index contributed by atoms with van der Waals surface area (Å²) in [5.41, 5.74) is 3.79. The molecule has 0 spiro atoms. The van der Waals surface area contributed by atoms with Gasteiger partial charge in [-0.3, -0.25) is 4.79 Å². The summed E-state index contributed by atoms with van der Waals surface area (Å²) in [4.78, 5) is 18.8. The largest absolute Gasteiger partial charge is 0.493 e. The van der Waals surface area contributed by atoms with Crippen LogP contribution in [0.3, 0.4) is 0 Å². The number of rotatable bonds is 13. The zero-order chi connectivity index (χ0) is 29.0. The fourth-order valence-electron chi connectivity index (χ4n) is 6.36. The molecule has 0 aromatic heterocycles. The van der Waals surface area contributed by atoms with Gasteiger partial charge in [0.25, 0.3) is 0 Å². The van der Waals surface area contributed by atoms with E-state index in [1.165, 1.54) is 36.8 Å². The van der Waals surface area contributed by atoms with Gasteiger partial charge in [0.05, 0.1) is 7.11 Å². The fourth-order valence-corrected chi connectivity index (χ4v) is 6.36. The summed E-state index contributed by atoms with van der Waals surface area (Å²) < 4.78 is 12.2. The predicted octanol–water partition coefficient (Wildman–Crippen LogP) is 6.20. The monoisotopic (exact) mass is 569 g/mol. The van der Waals surface area contributed by atoms with Crippen molar-refractivity contribution in [3.05, 3.63) is 95.6 Å². The highest BCUT2D eigenvalue weighted by molar-refractivity contribution is 5.49. The molecule has 224 valence electrons. The zero-order valence-electron chi connectivity index (χ0n) is 25.2. The molecule has 2 aliphatic rings. The van der Waals surface area contributed by atoms with Crippen molar-refractivity contribution in [3.8, 4) is 11.5 Å². The van der Waals surface area contributed by atoms with E-state index in [2.05, 4.69) is 76.5 Å². The molecule has 5 rings (SSSR count). The first kappa shape index (κ1) is 30.1. The van der Waals surface area contributed by atoms with E-state index >= 15 is 0 Å². The Morgan fingerprint density at radius 2 is 1.45 bits per heavy atom. The third-order valence-electron chi connectivity index (χ3n) is 8.84. The van der Waals surface area contributed by atoms with Crippen molar-refractivity contribution in [3.63, 3.8) is 0 Å². The molecule has 2 fully saturated rings. The molecule has 0 unspecified atom stereocenters. The van der Waals surface area contributed by atoms with Crippen molar-refractivity contribution in [1.82, 2.24) is 14.7 Å². The summed E-state index contributed by atoms with van der Waals surface area (Å²) in [5.74, 6) is 1.88. The Kier molecular flexibility index (Phi) is 11.3. The number of carbonyl (C=O) groups is 1. The van der Waals surface area contributed by atoms with Gasteiger partial charge in [0.2, 0.25) is 6.41 Å². The van der Waals surface area contributed by atoms with E-state index in [9.17, 15) is 4.79 Å². The lowest BCUT2D eigenvalue weighted by molar-refractivity contribution is -0.118. The number of methoxy groups -OCH3 is 1. The Morgan fingerprint density at radius 3 is 2.05 bits per heavy atom. The molecule has 0 saturated carbocycles. The highest BCUT2D eigenvalue weighted by Gasteiger charge is 2.25. The fraction of sp³-hybridized carbons (Fsp3) is 0.472. The minimum absolute atomic E-state index is 0.160. The molecular formula is C36H47N3O3. The molecule has 3 aromatic rings. The first-order valence-electron chi connectivity index (χ1n) is 15.8. The molecule has 0 aliphatic carbocycles. The molecule has 42 heavy (non-hydrogen) atoms. The van der Waals surface area contributed by atoms with Gasteiger partial charge >= 0.3 is 0 Å². The number of carbonyl (C=O) groups excluding carboxylic acids is 1. The van der Waals surface area contributed by atoms with Crippen LogP contribution < -0.4 is 9.47 Å². The molecule has 0 atom stereocenters. The highest BCUT2D eigenvalue weighted by atomic mass is 16.5. The van der Waals surface area contributed by atoms with Crippen molar-refractivity contribution in [1.29, 1.82) is 0 Å². The van der Waals surface area contributed by atoms with Gasteiger partial charge in [-0.25, -0.2) is 0 Å². The minimum Gasteiger partial charge on any atom is -0.493 e. The summed E-state index contributed by atoms with van der Waals surface area (Å²) in [5, 5.41) is 0. The SMILES string of the molecule is COc1cc(CN(C=O)CCN2CCCCCC2)ccc1OC1CCN(CC(c2ccccc2)c2ccccc2)CC1. The molecule has 6 nitrogen and oxygen atoms in total. The zero-order valence-corrected chi connectivity index (χ0v) is 25.2. The normalized spacial score (nSPS) is 17.1. The second-order valence-electron chi connectivity index (χ2n) is 11.8. The summed E-state index contributed by atoms with van der Waals surface area (Å²) in [6.45, 7) is 7.57. The Hall–Kier alpha value is -3.35. The van der Waals surface area contributed by atoms with E-state index in [-0.39, 0.29) is 6.10 Å². The molecular weight excluding hydrogens is 522 g/mol. The molecule has 0 N–H and O–H groups in total. The van der Waals surface area contributed by atoms with Crippen molar-refractivity contribution in [2.45, 2.75) is 57.1 Å². The van der Waals surface area contributed by atoms with E-state index in [0.29, 0.717) is 12.5 Å². The highest BCUT2D eigenvalue weighted by Crippen LogP contribution is 2.32. The van der Waals surface area contributed by atoms with E-state index < -0.39 is 0 Å². The number of nitrogens with zero attached hydrogens (tertiary/aromatic N) is 3. The summed E-state index contributed by atoms with van der Waals surface area (Å²) in [6, 6.07) is 27.8. The lowest BCUT2D eigenvalue weighted by Gasteiger charge is -2.35. The average molecular weight is 570 g/mol. The number of piperidine rings is 1. The third kappa shape index (κ3) is 8.59. The maximum atomic E-state index is 11.8. The maximum absolute atomic E-state index is 11.8. The van der Waals surface area contributed by atoms with Crippen LogP contribution in [-0.2, 0) is 11.3 Å². The van der Waals surface area contributed by atoms with Crippen molar-refractivity contribution in [2.24, 2.45) is 0 Å². The molecule has 2 aliphatic heterocycles. The van der Waals surface area contributed by atoms with Crippen LogP contribution in [0.1, 0.15) is 61.1 Å². The van der Waals surface area contributed by atoms with Crippen LogP contribution in [0.25, 0.3) is 0 Å². The van der Waals surface area contributed by atoms with E-state index in [4.69, 9.17) is 9.47 Å². The van der Waals surface area contributed by atoms with Gasteiger partial charge in [-0.1, -0.05) is 79.6 Å². The minimum atomic E-state index is 0.160. The molecule has 2 saturated heterocycles. The average Bonchev–Trinajstić information content (AvgIpc) is 3.33. The Balaban J connectivity index is 1.13.